The van der Waals surface area contributed by atoms with E-state index in [1.807, 2.05) is 0 Å². The molecule has 0 amide bonds. The van der Waals surface area contributed by atoms with Gasteiger partial charge in [-0.15, -0.1) is 0 Å². The number of aliphatic hydroxyl groups excluding tert-OH is 2. The Bertz CT molecular complexity index is 255. The third-order valence-corrected chi connectivity index (χ3v) is 1.51. The second kappa shape index (κ2) is 4.13. The number of rotatable bonds is 3. The fraction of sp³-hybridized carbons (Fsp3) is 0.375. The summed E-state index contributed by atoms with van der Waals surface area (Å²) in [6.45, 7) is -0.183. The lowest BCUT2D eigenvalue weighted by atomic mass is 10.2. The van der Waals surface area contributed by atoms with Gasteiger partial charge in [0.25, 0.3) is 0 Å². The van der Waals surface area contributed by atoms with Crippen LogP contribution in [0.25, 0.3) is 0 Å². The average molecular weight is 171 g/mol. The fourth-order valence-electron chi connectivity index (χ4n) is 0.902. The van der Waals surface area contributed by atoms with E-state index < -0.39 is 11.9 Å². The molecule has 1 rings (SSSR count). The largest absolute Gasteiger partial charge is 0.396 e. The molecule has 0 spiro atoms. The molecule has 4 heteroatoms. The summed E-state index contributed by atoms with van der Waals surface area (Å²) in [5, 5.41) is 17.7. The molecule has 0 aromatic carbocycles. The third-order valence-electron chi connectivity index (χ3n) is 1.51. The van der Waals surface area contributed by atoms with Crippen LogP contribution in [-0.4, -0.2) is 21.8 Å². The molecule has 1 aromatic rings. The predicted molar refractivity (Wildman–Crippen MR) is 40.9 cm³/mol. The molecule has 3 nitrogen and oxygen atoms in total. The van der Waals surface area contributed by atoms with Gasteiger partial charge in [-0.3, -0.25) is 4.98 Å². The van der Waals surface area contributed by atoms with Crippen molar-refractivity contribution in [2.75, 3.05) is 6.61 Å². The van der Waals surface area contributed by atoms with E-state index in [-0.39, 0.29) is 18.7 Å². The first-order chi connectivity index (χ1) is 5.75. The fourth-order valence-corrected chi connectivity index (χ4v) is 0.902. The van der Waals surface area contributed by atoms with E-state index in [1.165, 1.54) is 18.3 Å². The van der Waals surface area contributed by atoms with Gasteiger partial charge in [0.15, 0.2) is 0 Å². The maximum absolute atomic E-state index is 12.9. The van der Waals surface area contributed by atoms with Crippen LogP contribution < -0.4 is 0 Å². The highest BCUT2D eigenvalue weighted by Crippen LogP contribution is 2.15. The van der Waals surface area contributed by atoms with Crippen molar-refractivity contribution in [2.45, 2.75) is 12.5 Å². The van der Waals surface area contributed by atoms with Crippen LogP contribution in [0.3, 0.4) is 0 Å². The highest BCUT2D eigenvalue weighted by molar-refractivity contribution is 5.09. The Morgan fingerprint density at radius 3 is 2.92 bits per heavy atom. The van der Waals surface area contributed by atoms with Crippen molar-refractivity contribution < 1.29 is 14.6 Å². The van der Waals surface area contributed by atoms with Gasteiger partial charge in [0.1, 0.15) is 17.6 Å². The molecule has 2 N–H and O–H groups in total. The van der Waals surface area contributed by atoms with Gasteiger partial charge in [-0.1, -0.05) is 0 Å². The number of hydrogen-bond acceptors (Lipinski definition) is 3. The number of halogens is 1. The summed E-state index contributed by atoms with van der Waals surface area (Å²) < 4.78 is 12.9. The van der Waals surface area contributed by atoms with E-state index in [0.29, 0.717) is 0 Å². The minimum absolute atomic E-state index is 0.00782. The lowest BCUT2D eigenvalue weighted by Gasteiger charge is -2.07. The van der Waals surface area contributed by atoms with Crippen molar-refractivity contribution in [3.05, 3.63) is 29.8 Å². The van der Waals surface area contributed by atoms with Crippen LogP contribution in [0.4, 0.5) is 4.39 Å². The first kappa shape index (κ1) is 9.09. The molecular formula is C8H10FNO2. The van der Waals surface area contributed by atoms with Crippen LogP contribution >= 0.6 is 0 Å². The summed E-state index contributed by atoms with van der Waals surface area (Å²) >= 11 is 0. The second-order valence-electron chi connectivity index (χ2n) is 2.40. The molecule has 1 aromatic heterocycles. The molecule has 66 valence electrons. The van der Waals surface area contributed by atoms with Crippen LogP contribution in [0.2, 0.25) is 0 Å². The van der Waals surface area contributed by atoms with Crippen molar-refractivity contribution in [3.63, 3.8) is 0 Å². The lowest BCUT2D eigenvalue weighted by Crippen LogP contribution is -2.05. The second-order valence-corrected chi connectivity index (χ2v) is 2.40. The number of pyridine rings is 1. The minimum atomic E-state index is -1.02. The summed E-state index contributed by atoms with van der Waals surface area (Å²) in [5.41, 5.74) is -0.00782. The van der Waals surface area contributed by atoms with E-state index in [2.05, 4.69) is 4.98 Å². The Morgan fingerprint density at radius 1 is 1.58 bits per heavy atom. The predicted octanol–water partition coefficient (Wildman–Crippen LogP) is 0.637. The first-order valence-corrected chi connectivity index (χ1v) is 3.65. The zero-order valence-electron chi connectivity index (χ0n) is 6.44. The van der Waals surface area contributed by atoms with Crippen molar-refractivity contribution in [3.8, 4) is 0 Å². The Kier molecular flexibility index (Phi) is 3.13. The first-order valence-electron chi connectivity index (χ1n) is 3.65. The Morgan fingerprint density at radius 2 is 2.33 bits per heavy atom. The minimum Gasteiger partial charge on any atom is -0.396 e. The van der Waals surface area contributed by atoms with Crippen LogP contribution in [0, 0.1) is 5.82 Å². The van der Waals surface area contributed by atoms with Crippen LogP contribution in [-0.2, 0) is 0 Å². The van der Waals surface area contributed by atoms with Crippen LogP contribution in [0.5, 0.6) is 0 Å². The summed E-state index contributed by atoms with van der Waals surface area (Å²) in [6.07, 6.45) is 0.489. The summed E-state index contributed by atoms with van der Waals surface area (Å²) in [7, 11) is 0. The number of aliphatic hydroxyl groups is 2. The van der Waals surface area contributed by atoms with E-state index in [4.69, 9.17) is 5.11 Å². The summed E-state index contributed by atoms with van der Waals surface area (Å²) in [6, 6.07) is 2.67. The molecule has 1 heterocycles. The molecule has 0 fully saturated rings. The van der Waals surface area contributed by atoms with E-state index in [1.54, 1.807) is 0 Å². The molecule has 1 atom stereocenters. The molecule has 12 heavy (non-hydrogen) atoms. The molecule has 0 radical (unpaired) electrons. The van der Waals surface area contributed by atoms with Gasteiger partial charge in [0, 0.05) is 19.2 Å². The third kappa shape index (κ3) is 1.99. The van der Waals surface area contributed by atoms with E-state index in [0.717, 1.165) is 0 Å². The molecular weight excluding hydrogens is 161 g/mol. The topological polar surface area (TPSA) is 53.4 Å². The molecule has 0 aliphatic carbocycles. The molecule has 0 aliphatic heterocycles. The highest BCUT2D eigenvalue weighted by atomic mass is 19.1. The zero-order chi connectivity index (χ0) is 8.97. The zero-order valence-corrected chi connectivity index (χ0v) is 6.44. The summed E-state index contributed by atoms with van der Waals surface area (Å²) in [4.78, 5) is 3.66. The number of aromatic nitrogens is 1. The Labute approximate surface area is 69.5 Å². The van der Waals surface area contributed by atoms with Crippen molar-refractivity contribution in [1.29, 1.82) is 0 Å². The Balaban J connectivity index is 2.79. The normalized spacial score (nSPS) is 12.9. The van der Waals surface area contributed by atoms with Crippen LogP contribution in [0.15, 0.2) is 18.3 Å². The maximum Gasteiger partial charge on any atom is 0.147 e. The van der Waals surface area contributed by atoms with Gasteiger partial charge in [-0.05, 0) is 12.1 Å². The van der Waals surface area contributed by atoms with Crippen molar-refractivity contribution in [1.82, 2.24) is 4.98 Å². The molecule has 0 bridgehead atoms. The highest BCUT2D eigenvalue weighted by Gasteiger charge is 2.12. The Hall–Kier alpha value is -1.00. The van der Waals surface area contributed by atoms with Crippen LogP contribution in [0.1, 0.15) is 18.2 Å². The van der Waals surface area contributed by atoms with Gasteiger partial charge in [0.05, 0.1) is 0 Å². The summed E-state index contributed by atoms with van der Waals surface area (Å²) in [5.74, 6) is -0.543. The van der Waals surface area contributed by atoms with Crippen molar-refractivity contribution in [2.24, 2.45) is 0 Å². The number of nitrogens with zero attached hydrogens (tertiary/aromatic N) is 1. The van der Waals surface area contributed by atoms with Gasteiger partial charge in [-0.25, -0.2) is 4.39 Å². The smallest absolute Gasteiger partial charge is 0.147 e. The van der Waals surface area contributed by atoms with Gasteiger partial charge in [0.2, 0.25) is 0 Å². The van der Waals surface area contributed by atoms with Gasteiger partial charge >= 0.3 is 0 Å². The maximum atomic E-state index is 12.9. The van der Waals surface area contributed by atoms with Crippen molar-refractivity contribution >= 4 is 0 Å². The average Bonchev–Trinajstić information content (AvgIpc) is 2.05. The van der Waals surface area contributed by atoms with Gasteiger partial charge in [-0.2, -0.15) is 0 Å². The van der Waals surface area contributed by atoms with E-state index >= 15 is 0 Å². The molecule has 1 unspecified atom stereocenters. The standard InChI is InChI=1S/C8H10FNO2/c9-6-2-1-4-10-8(6)7(12)3-5-11/h1-2,4,7,11-12H,3,5H2. The lowest BCUT2D eigenvalue weighted by molar-refractivity contribution is 0.127. The van der Waals surface area contributed by atoms with Gasteiger partial charge < -0.3 is 10.2 Å². The SMILES string of the molecule is OCCC(O)c1ncccc1F. The monoisotopic (exact) mass is 171 g/mol. The quantitative estimate of drug-likeness (QED) is 0.701. The number of hydrogen-bond donors (Lipinski definition) is 2. The molecule has 0 saturated carbocycles. The van der Waals surface area contributed by atoms with E-state index in [9.17, 15) is 9.50 Å². The molecule has 0 aliphatic rings. The molecule has 0 saturated heterocycles.